The number of anilines is 1. The van der Waals surface area contributed by atoms with Crippen LogP contribution in [0.15, 0.2) is 53.5 Å². The molecule has 1 aliphatic heterocycles. The molecule has 5 rings (SSSR count). The van der Waals surface area contributed by atoms with Crippen molar-refractivity contribution in [3.63, 3.8) is 0 Å². The predicted octanol–water partition coefficient (Wildman–Crippen LogP) is 2.85. The lowest BCUT2D eigenvalue weighted by Crippen LogP contribution is -2.49. The molecule has 0 aliphatic carbocycles. The Hall–Kier alpha value is -3.61. The molecule has 0 spiro atoms. The van der Waals surface area contributed by atoms with Crippen LogP contribution in [0.5, 0.6) is 0 Å². The average Bonchev–Trinajstić information content (AvgIpc) is 3.12. The third kappa shape index (κ3) is 3.34. The van der Waals surface area contributed by atoms with Crippen LogP contribution < -0.4 is 10.5 Å². The molecule has 32 heavy (non-hydrogen) atoms. The van der Waals surface area contributed by atoms with Crippen molar-refractivity contribution in [1.29, 1.82) is 0 Å². The molecule has 2 aromatic carbocycles. The normalized spacial score (nSPS) is 14.5. The summed E-state index contributed by atoms with van der Waals surface area (Å²) in [5.41, 5.74) is 4.97. The van der Waals surface area contributed by atoms with E-state index >= 15 is 0 Å². The summed E-state index contributed by atoms with van der Waals surface area (Å²) in [6.45, 7) is 7.32. The van der Waals surface area contributed by atoms with E-state index in [1.807, 2.05) is 33.7 Å². The van der Waals surface area contributed by atoms with E-state index in [1.165, 1.54) is 21.5 Å². The molecule has 0 bridgehead atoms. The van der Waals surface area contributed by atoms with E-state index in [2.05, 4.69) is 42.0 Å². The highest BCUT2D eigenvalue weighted by molar-refractivity contribution is 6.07. The summed E-state index contributed by atoms with van der Waals surface area (Å²) in [5, 5.41) is 5.91. The third-order valence-corrected chi connectivity index (χ3v) is 6.50. The van der Waals surface area contributed by atoms with E-state index in [-0.39, 0.29) is 18.0 Å². The summed E-state index contributed by atoms with van der Waals surface area (Å²) in [6, 6.07) is 14.3. The Labute approximate surface area is 186 Å². The van der Waals surface area contributed by atoms with Crippen molar-refractivity contribution < 1.29 is 4.79 Å². The minimum atomic E-state index is -0.189. The minimum absolute atomic E-state index is 0.0344. The molecule has 1 saturated heterocycles. The molecule has 3 heterocycles. The highest BCUT2D eigenvalue weighted by Gasteiger charge is 2.24. The third-order valence-electron chi connectivity index (χ3n) is 6.50. The van der Waals surface area contributed by atoms with Crippen molar-refractivity contribution in [1.82, 2.24) is 19.2 Å². The monoisotopic (exact) mass is 429 g/mol. The van der Waals surface area contributed by atoms with Gasteiger partial charge in [0, 0.05) is 55.2 Å². The molecule has 0 radical (unpaired) electrons. The number of aryl methyl sites for hydroxylation is 3. The lowest BCUT2D eigenvalue weighted by molar-refractivity contribution is -0.132. The number of hydrogen-bond acceptors (Lipinski definition) is 4. The summed E-state index contributed by atoms with van der Waals surface area (Å²) in [7, 11) is 1.64. The van der Waals surface area contributed by atoms with Crippen LogP contribution in [0.3, 0.4) is 0 Å². The Bertz CT molecular complexity index is 1390. The molecular formula is C25H27N5O2. The number of para-hydroxylation sites is 1. The minimum Gasteiger partial charge on any atom is -0.368 e. The van der Waals surface area contributed by atoms with Gasteiger partial charge in [-0.15, -0.1) is 0 Å². The van der Waals surface area contributed by atoms with Gasteiger partial charge in [-0.1, -0.05) is 30.3 Å². The molecule has 2 aromatic heterocycles. The largest absolute Gasteiger partial charge is 0.368 e. The number of piperazine rings is 1. The first-order chi connectivity index (χ1) is 15.4. The molecule has 7 heteroatoms. The number of amides is 1. The Balaban J connectivity index is 1.41. The Morgan fingerprint density at radius 2 is 1.75 bits per heavy atom. The molecule has 0 N–H and O–H groups in total. The summed E-state index contributed by atoms with van der Waals surface area (Å²) in [5.74, 6) is 0.0344. The maximum atomic E-state index is 13.3. The average molecular weight is 430 g/mol. The van der Waals surface area contributed by atoms with Crippen molar-refractivity contribution in [2.45, 2.75) is 20.4 Å². The number of hydrogen-bond donors (Lipinski definition) is 0. The summed E-state index contributed by atoms with van der Waals surface area (Å²) >= 11 is 0. The smallest absolute Gasteiger partial charge is 0.291 e. The molecule has 0 unspecified atom stereocenters. The van der Waals surface area contributed by atoms with Crippen molar-refractivity contribution in [3.8, 4) is 0 Å². The van der Waals surface area contributed by atoms with Gasteiger partial charge in [-0.2, -0.15) is 5.10 Å². The van der Waals surface area contributed by atoms with Crippen LogP contribution in [-0.2, 0) is 18.4 Å². The van der Waals surface area contributed by atoms with Crippen LogP contribution >= 0.6 is 0 Å². The first-order valence-electron chi connectivity index (χ1n) is 11.0. The van der Waals surface area contributed by atoms with Gasteiger partial charge in [-0.05, 0) is 37.1 Å². The summed E-state index contributed by atoms with van der Waals surface area (Å²) < 4.78 is 3.18. The van der Waals surface area contributed by atoms with Gasteiger partial charge in [-0.3, -0.25) is 9.59 Å². The second-order valence-electron chi connectivity index (χ2n) is 8.60. The number of fused-ring (bicyclic) bond motifs is 3. The molecule has 0 atom stereocenters. The van der Waals surface area contributed by atoms with Crippen LogP contribution in [-0.4, -0.2) is 51.3 Å². The lowest BCUT2D eigenvalue weighted by Gasteiger charge is -2.37. The molecule has 1 aliphatic rings. The number of carbonyl (C=O) groups is 1. The van der Waals surface area contributed by atoms with Crippen molar-refractivity contribution in [2.24, 2.45) is 7.05 Å². The van der Waals surface area contributed by atoms with Gasteiger partial charge < -0.3 is 14.4 Å². The van der Waals surface area contributed by atoms with E-state index in [0.29, 0.717) is 18.6 Å². The number of carbonyl (C=O) groups excluding carboxylic acids is 1. The fraction of sp³-hybridized carbons (Fsp3) is 0.320. The molecule has 1 amide bonds. The molecule has 0 saturated carbocycles. The molecule has 164 valence electrons. The van der Waals surface area contributed by atoms with Crippen LogP contribution in [0.25, 0.3) is 21.8 Å². The van der Waals surface area contributed by atoms with Crippen LogP contribution in [0.2, 0.25) is 0 Å². The van der Waals surface area contributed by atoms with Crippen LogP contribution in [0, 0.1) is 13.8 Å². The number of nitrogens with zero attached hydrogens (tertiary/aromatic N) is 5. The standard InChI is InChI=1S/C25H27N5O2/c1-17-8-9-18(2)22(14-17)28-10-12-29(13-11-28)23(31)16-30-21-7-5-4-6-19(21)20-15-26-27(3)25(32)24(20)30/h4-9,14-15H,10-13,16H2,1-3H3. The maximum Gasteiger partial charge on any atom is 0.291 e. The first-order valence-corrected chi connectivity index (χ1v) is 11.0. The fourth-order valence-corrected chi connectivity index (χ4v) is 4.70. The topological polar surface area (TPSA) is 63.4 Å². The van der Waals surface area contributed by atoms with E-state index in [9.17, 15) is 9.59 Å². The zero-order valence-electron chi connectivity index (χ0n) is 18.7. The highest BCUT2D eigenvalue weighted by Crippen LogP contribution is 2.27. The number of rotatable bonds is 3. The lowest BCUT2D eigenvalue weighted by atomic mass is 10.1. The van der Waals surface area contributed by atoms with Crippen molar-refractivity contribution in [3.05, 3.63) is 70.1 Å². The maximum absolute atomic E-state index is 13.3. The van der Waals surface area contributed by atoms with E-state index in [1.54, 1.807) is 13.2 Å². The van der Waals surface area contributed by atoms with Crippen LogP contribution in [0.4, 0.5) is 5.69 Å². The second kappa shape index (κ2) is 7.82. The number of aromatic nitrogens is 3. The zero-order chi connectivity index (χ0) is 22.4. The van der Waals surface area contributed by atoms with Gasteiger partial charge in [0.05, 0.1) is 6.20 Å². The van der Waals surface area contributed by atoms with E-state index in [0.717, 1.165) is 29.4 Å². The fourth-order valence-electron chi connectivity index (χ4n) is 4.70. The quantitative estimate of drug-likeness (QED) is 0.502. The molecular weight excluding hydrogens is 402 g/mol. The highest BCUT2D eigenvalue weighted by atomic mass is 16.2. The Kier molecular flexibility index (Phi) is 4.96. The number of benzene rings is 2. The van der Waals surface area contributed by atoms with Gasteiger partial charge in [0.25, 0.3) is 5.56 Å². The predicted molar refractivity (Wildman–Crippen MR) is 127 cm³/mol. The van der Waals surface area contributed by atoms with Crippen LogP contribution in [0.1, 0.15) is 11.1 Å². The summed E-state index contributed by atoms with van der Waals surface area (Å²) in [6.07, 6.45) is 1.71. The first kappa shape index (κ1) is 20.3. The van der Waals surface area contributed by atoms with Crippen molar-refractivity contribution >= 4 is 33.4 Å². The van der Waals surface area contributed by atoms with Crippen molar-refractivity contribution in [2.75, 3.05) is 31.1 Å². The van der Waals surface area contributed by atoms with Gasteiger partial charge in [0.2, 0.25) is 5.91 Å². The Morgan fingerprint density at radius 3 is 2.53 bits per heavy atom. The van der Waals surface area contributed by atoms with Gasteiger partial charge in [0.15, 0.2) is 0 Å². The van der Waals surface area contributed by atoms with E-state index < -0.39 is 0 Å². The Morgan fingerprint density at radius 1 is 1.00 bits per heavy atom. The second-order valence-corrected chi connectivity index (χ2v) is 8.60. The molecule has 7 nitrogen and oxygen atoms in total. The zero-order valence-corrected chi connectivity index (χ0v) is 18.7. The van der Waals surface area contributed by atoms with Gasteiger partial charge in [0.1, 0.15) is 12.1 Å². The molecule has 1 fully saturated rings. The summed E-state index contributed by atoms with van der Waals surface area (Å²) in [4.78, 5) is 30.4. The molecule has 4 aromatic rings. The van der Waals surface area contributed by atoms with Gasteiger partial charge >= 0.3 is 0 Å². The SMILES string of the molecule is Cc1ccc(C)c(N2CCN(C(=O)Cn3c4ccccc4c4cnn(C)c(=O)c43)CC2)c1. The van der Waals surface area contributed by atoms with Gasteiger partial charge in [-0.25, -0.2) is 4.68 Å². The van der Waals surface area contributed by atoms with E-state index in [4.69, 9.17) is 0 Å².